The van der Waals surface area contributed by atoms with Crippen molar-refractivity contribution in [3.8, 4) is 11.5 Å². The molecule has 0 fully saturated rings. The predicted molar refractivity (Wildman–Crippen MR) is 94.7 cm³/mol. The van der Waals surface area contributed by atoms with Crippen molar-refractivity contribution in [2.45, 2.75) is 30.3 Å². The van der Waals surface area contributed by atoms with Crippen LogP contribution in [0.25, 0.3) is 0 Å². The molecule has 30 heavy (non-hydrogen) atoms. The minimum absolute atomic E-state index is 0.339. The minimum Gasteiger partial charge on any atom is -0.506 e. The van der Waals surface area contributed by atoms with Gasteiger partial charge in [-0.15, -0.1) is 0 Å². The molecule has 0 aliphatic heterocycles. The topological polar surface area (TPSA) is 133 Å². The van der Waals surface area contributed by atoms with Crippen LogP contribution < -0.4 is 11.5 Å². The zero-order chi connectivity index (χ0) is 23.1. The SMILES string of the molecule is Nc1cc(C(c2ccc(O)c(N)c2CC(O)CO)(C(F)(F)F)C(F)(F)F)ccc1O. The number of nitrogens with two attached hydrogens (primary N) is 2. The molecule has 0 heterocycles. The smallest absolute Gasteiger partial charge is 0.411 e. The molecule has 0 saturated heterocycles. The number of benzene rings is 2. The Morgan fingerprint density at radius 1 is 0.867 bits per heavy atom. The average molecular weight is 440 g/mol. The molecule has 12 heteroatoms. The molecular weight excluding hydrogens is 422 g/mol. The number of aliphatic hydroxyl groups is 2. The molecule has 2 aromatic rings. The van der Waals surface area contributed by atoms with E-state index in [-0.39, 0.29) is 0 Å². The number of halogens is 6. The number of phenolic OH excluding ortho intramolecular Hbond substituents is 2. The Morgan fingerprint density at radius 2 is 1.40 bits per heavy atom. The van der Waals surface area contributed by atoms with E-state index in [1.807, 2.05) is 0 Å². The van der Waals surface area contributed by atoms with Crippen molar-refractivity contribution < 1.29 is 46.8 Å². The Labute approximate surface area is 166 Å². The summed E-state index contributed by atoms with van der Waals surface area (Å²) >= 11 is 0. The lowest BCUT2D eigenvalue weighted by atomic mass is 9.70. The van der Waals surface area contributed by atoms with E-state index < -0.39 is 76.5 Å². The van der Waals surface area contributed by atoms with Crippen molar-refractivity contribution in [3.05, 3.63) is 47.0 Å². The van der Waals surface area contributed by atoms with Crippen molar-refractivity contribution in [2.24, 2.45) is 0 Å². The number of aliphatic hydroxyl groups excluding tert-OH is 2. The lowest BCUT2D eigenvalue weighted by molar-refractivity contribution is -0.288. The van der Waals surface area contributed by atoms with Crippen LogP contribution >= 0.6 is 0 Å². The fourth-order valence-corrected chi connectivity index (χ4v) is 3.26. The molecule has 0 saturated carbocycles. The van der Waals surface area contributed by atoms with Crippen molar-refractivity contribution in [1.82, 2.24) is 0 Å². The fourth-order valence-electron chi connectivity index (χ4n) is 3.26. The number of alkyl halides is 6. The van der Waals surface area contributed by atoms with Gasteiger partial charge in [-0.1, -0.05) is 12.1 Å². The van der Waals surface area contributed by atoms with Crippen LogP contribution in [0, 0.1) is 0 Å². The van der Waals surface area contributed by atoms with Gasteiger partial charge < -0.3 is 31.9 Å². The van der Waals surface area contributed by atoms with Gasteiger partial charge in [-0.2, -0.15) is 26.3 Å². The van der Waals surface area contributed by atoms with E-state index in [0.29, 0.717) is 30.3 Å². The van der Waals surface area contributed by atoms with Crippen molar-refractivity contribution in [2.75, 3.05) is 18.1 Å². The molecule has 0 spiro atoms. The van der Waals surface area contributed by atoms with Gasteiger partial charge in [0.1, 0.15) is 11.5 Å². The largest absolute Gasteiger partial charge is 0.506 e. The molecule has 2 rings (SSSR count). The number of anilines is 2. The Balaban J connectivity index is 3.05. The van der Waals surface area contributed by atoms with Gasteiger partial charge in [-0.05, 0) is 34.9 Å². The van der Waals surface area contributed by atoms with Gasteiger partial charge in [0, 0.05) is 6.42 Å². The summed E-state index contributed by atoms with van der Waals surface area (Å²) < 4.78 is 85.6. The zero-order valence-corrected chi connectivity index (χ0v) is 15.1. The first-order valence-electron chi connectivity index (χ1n) is 8.30. The van der Waals surface area contributed by atoms with Crippen molar-refractivity contribution in [3.63, 3.8) is 0 Å². The number of rotatable bonds is 5. The van der Waals surface area contributed by atoms with Crippen LogP contribution in [0.2, 0.25) is 0 Å². The van der Waals surface area contributed by atoms with Crippen LogP contribution in [0.5, 0.6) is 11.5 Å². The van der Waals surface area contributed by atoms with Gasteiger partial charge >= 0.3 is 12.4 Å². The molecule has 0 amide bonds. The lowest BCUT2D eigenvalue weighted by Gasteiger charge is -2.40. The summed E-state index contributed by atoms with van der Waals surface area (Å²) in [4.78, 5) is 0. The molecule has 6 nitrogen and oxygen atoms in total. The van der Waals surface area contributed by atoms with Gasteiger partial charge in [0.15, 0.2) is 0 Å². The summed E-state index contributed by atoms with van der Waals surface area (Å²) in [6, 6.07) is 2.31. The summed E-state index contributed by atoms with van der Waals surface area (Å²) in [5.41, 5.74) is 1.08. The number of nitrogen functional groups attached to an aromatic ring is 2. The zero-order valence-electron chi connectivity index (χ0n) is 15.1. The van der Waals surface area contributed by atoms with Crippen LogP contribution in [0.4, 0.5) is 37.7 Å². The molecule has 0 aromatic heterocycles. The Hall–Kier alpha value is -2.86. The first-order valence-corrected chi connectivity index (χ1v) is 8.30. The first-order chi connectivity index (χ1) is 13.7. The molecule has 0 aliphatic rings. The van der Waals surface area contributed by atoms with Gasteiger partial charge in [-0.25, -0.2) is 0 Å². The fraction of sp³-hybridized carbons (Fsp3) is 0.333. The normalized spacial score (nSPS) is 14.0. The molecule has 2 aromatic carbocycles. The minimum atomic E-state index is -5.99. The first kappa shape index (κ1) is 23.4. The van der Waals surface area contributed by atoms with Crippen LogP contribution in [-0.4, -0.2) is 45.5 Å². The monoisotopic (exact) mass is 440 g/mol. The van der Waals surface area contributed by atoms with E-state index in [2.05, 4.69) is 0 Å². The predicted octanol–water partition coefficient (Wildman–Crippen LogP) is 2.57. The second-order valence-corrected chi connectivity index (χ2v) is 6.58. The highest BCUT2D eigenvalue weighted by atomic mass is 19.4. The van der Waals surface area contributed by atoms with E-state index in [1.54, 1.807) is 0 Å². The highest BCUT2D eigenvalue weighted by molar-refractivity contribution is 5.66. The van der Waals surface area contributed by atoms with E-state index in [4.69, 9.17) is 16.6 Å². The van der Waals surface area contributed by atoms with E-state index in [1.165, 1.54) is 0 Å². The van der Waals surface area contributed by atoms with Gasteiger partial charge in [-0.3, -0.25) is 0 Å². The number of aromatic hydroxyl groups is 2. The maximum absolute atomic E-state index is 14.3. The quantitative estimate of drug-likeness (QED) is 0.241. The molecule has 0 radical (unpaired) electrons. The summed E-state index contributed by atoms with van der Waals surface area (Å²) in [5, 5.41) is 37.9. The molecule has 8 N–H and O–H groups in total. The third-order valence-corrected chi connectivity index (χ3v) is 4.70. The lowest BCUT2D eigenvalue weighted by Crippen LogP contribution is -2.55. The molecule has 0 aliphatic carbocycles. The Morgan fingerprint density at radius 3 is 1.87 bits per heavy atom. The molecule has 0 bridgehead atoms. The van der Waals surface area contributed by atoms with Gasteiger partial charge in [0.05, 0.1) is 24.1 Å². The third kappa shape index (κ3) is 3.67. The second-order valence-electron chi connectivity index (χ2n) is 6.58. The Kier molecular flexibility index (Phi) is 6.06. The van der Waals surface area contributed by atoms with Crippen LogP contribution in [0.1, 0.15) is 16.7 Å². The maximum atomic E-state index is 14.3. The third-order valence-electron chi connectivity index (χ3n) is 4.70. The van der Waals surface area contributed by atoms with Gasteiger partial charge in [0.25, 0.3) is 0 Å². The summed E-state index contributed by atoms with van der Waals surface area (Å²) in [7, 11) is 0. The standard InChI is InChI=1S/C18H18F6N2O4/c19-17(20,21)16(18(22,23)24,8-1-3-13(29)12(25)5-8)11-2-4-14(30)15(26)10(11)6-9(28)7-27/h1-5,9,27-30H,6-7,25-26H2. The van der Waals surface area contributed by atoms with E-state index >= 15 is 0 Å². The number of hydrogen-bond acceptors (Lipinski definition) is 6. The van der Waals surface area contributed by atoms with Crippen molar-refractivity contribution in [1.29, 1.82) is 0 Å². The molecule has 1 unspecified atom stereocenters. The van der Waals surface area contributed by atoms with E-state index in [0.717, 1.165) is 0 Å². The van der Waals surface area contributed by atoms with Crippen LogP contribution in [0.15, 0.2) is 30.3 Å². The van der Waals surface area contributed by atoms with Crippen LogP contribution in [0.3, 0.4) is 0 Å². The highest BCUT2D eigenvalue weighted by Gasteiger charge is 2.73. The molecule has 166 valence electrons. The summed E-state index contributed by atoms with van der Waals surface area (Å²) in [6.45, 7) is -0.980. The molecule has 1 atom stereocenters. The average Bonchev–Trinajstić information content (AvgIpc) is 2.61. The Bertz CT molecular complexity index is 916. The van der Waals surface area contributed by atoms with Gasteiger partial charge in [0.2, 0.25) is 5.41 Å². The number of hydrogen-bond donors (Lipinski definition) is 6. The highest BCUT2D eigenvalue weighted by Crippen LogP contribution is 2.58. The number of phenols is 2. The van der Waals surface area contributed by atoms with Crippen LogP contribution in [-0.2, 0) is 11.8 Å². The van der Waals surface area contributed by atoms with E-state index in [9.17, 15) is 41.7 Å². The van der Waals surface area contributed by atoms with Crippen molar-refractivity contribution >= 4 is 11.4 Å². The summed E-state index contributed by atoms with van der Waals surface area (Å²) in [6.07, 6.45) is -14.6. The second kappa shape index (κ2) is 7.76. The maximum Gasteiger partial charge on any atom is 0.411 e. The molecular formula is C18H18F6N2O4. The summed E-state index contributed by atoms with van der Waals surface area (Å²) in [5.74, 6) is -1.53.